The highest BCUT2D eigenvalue weighted by atomic mass is 32.1. The SMILES string of the molecule is Cc1cccc2scc(Cn3c(=O)n(C(CC=O)CCC(N)=O)c4ccccc43)c12. The first-order valence-electron chi connectivity index (χ1n) is 9.88. The third-order valence-electron chi connectivity index (χ3n) is 5.54. The number of rotatable bonds is 8. The summed E-state index contributed by atoms with van der Waals surface area (Å²) in [6.45, 7) is 2.52. The number of carbonyl (C=O) groups excluding carboxylic acids is 2. The molecule has 2 heterocycles. The van der Waals surface area contributed by atoms with Crippen molar-refractivity contribution in [2.24, 2.45) is 5.73 Å². The zero-order valence-corrected chi connectivity index (χ0v) is 17.5. The number of amides is 1. The van der Waals surface area contributed by atoms with Crippen molar-refractivity contribution in [1.82, 2.24) is 9.13 Å². The van der Waals surface area contributed by atoms with Crippen molar-refractivity contribution < 1.29 is 9.59 Å². The molecular formula is C23H23N3O3S. The molecule has 0 aliphatic heterocycles. The first-order valence-corrected chi connectivity index (χ1v) is 10.8. The van der Waals surface area contributed by atoms with Crippen LogP contribution >= 0.6 is 11.3 Å². The van der Waals surface area contributed by atoms with Gasteiger partial charge in [-0.1, -0.05) is 24.3 Å². The molecule has 6 nitrogen and oxygen atoms in total. The number of carbonyl (C=O) groups is 2. The molecule has 1 unspecified atom stereocenters. The van der Waals surface area contributed by atoms with Crippen LogP contribution < -0.4 is 11.4 Å². The number of nitrogens with two attached hydrogens (primary N) is 1. The summed E-state index contributed by atoms with van der Waals surface area (Å²) < 4.78 is 4.60. The van der Waals surface area contributed by atoms with Gasteiger partial charge in [-0.2, -0.15) is 0 Å². The van der Waals surface area contributed by atoms with Crippen LogP contribution in [0.3, 0.4) is 0 Å². The third-order valence-corrected chi connectivity index (χ3v) is 6.54. The second kappa shape index (κ2) is 8.28. The molecular weight excluding hydrogens is 398 g/mol. The largest absolute Gasteiger partial charge is 0.370 e. The highest BCUT2D eigenvalue weighted by Gasteiger charge is 2.21. The summed E-state index contributed by atoms with van der Waals surface area (Å²) in [5, 5.41) is 3.29. The van der Waals surface area contributed by atoms with Crippen LogP contribution in [0.2, 0.25) is 0 Å². The maximum atomic E-state index is 13.5. The molecule has 0 aliphatic carbocycles. The lowest BCUT2D eigenvalue weighted by Crippen LogP contribution is -2.29. The Bertz CT molecular complexity index is 1300. The molecule has 4 aromatic rings. The molecule has 0 aliphatic rings. The van der Waals surface area contributed by atoms with Crippen LogP contribution in [0.5, 0.6) is 0 Å². The van der Waals surface area contributed by atoms with Crippen molar-refractivity contribution in [3.05, 3.63) is 69.5 Å². The lowest BCUT2D eigenvalue weighted by molar-refractivity contribution is -0.118. The molecule has 30 heavy (non-hydrogen) atoms. The van der Waals surface area contributed by atoms with Crippen LogP contribution in [-0.4, -0.2) is 21.3 Å². The predicted molar refractivity (Wildman–Crippen MR) is 120 cm³/mol. The van der Waals surface area contributed by atoms with E-state index in [0.717, 1.165) is 22.9 Å². The minimum absolute atomic E-state index is 0.124. The summed E-state index contributed by atoms with van der Waals surface area (Å²) in [6, 6.07) is 13.4. The molecule has 2 N–H and O–H groups in total. The van der Waals surface area contributed by atoms with Gasteiger partial charge in [0.15, 0.2) is 0 Å². The Morgan fingerprint density at radius 1 is 1.17 bits per heavy atom. The Labute approximate surface area is 177 Å². The van der Waals surface area contributed by atoms with Gasteiger partial charge in [0.05, 0.1) is 17.6 Å². The van der Waals surface area contributed by atoms with E-state index in [2.05, 4.69) is 24.4 Å². The Balaban J connectivity index is 1.85. The fraction of sp³-hybridized carbons (Fsp3) is 0.261. The van der Waals surface area contributed by atoms with Crippen molar-refractivity contribution in [3.63, 3.8) is 0 Å². The summed E-state index contributed by atoms with van der Waals surface area (Å²) in [4.78, 5) is 36.1. The topological polar surface area (TPSA) is 87.1 Å². The second-order valence-corrected chi connectivity index (χ2v) is 8.41. The van der Waals surface area contributed by atoms with Crippen molar-refractivity contribution in [2.45, 2.75) is 38.8 Å². The molecule has 0 radical (unpaired) electrons. The maximum absolute atomic E-state index is 13.5. The number of fused-ring (bicyclic) bond motifs is 2. The minimum atomic E-state index is -0.442. The van der Waals surface area contributed by atoms with Crippen LogP contribution in [0.25, 0.3) is 21.1 Å². The van der Waals surface area contributed by atoms with E-state index in [1.54, 1.807) is 20.5 Å². The van der Waals surface area contributed by atoms with Gasteiger partial charge in [0.1, 0.15) is 6.29 Å². The number of hydrogen-bond donors (Lipinski definition) is 1. The van der Waals surface area contributed by atoms with Crippen molar-refractivity contribution in [1.29, 1.82) is 0 Å². The lowest BCUT2D eigenvalue weighted by Gasteiger charge is -2.15. The average molecular weight is 422 g/mol. The summed E-state index contributed by atoms with van der Waals surface area (Å²) in [6.07, 6.45) is 1.42. The van der Waals surface area contributed by atoms with E-state index < -0.39 is 11.9 Å². The second-order valence-electron chi connectivity index (χ2n) is 7.50. The molecule has 0 bridgehead atoms. The summed E-state index contributed by atoms with van der Waals surface area (Å²) in [5.41, 5.74) is 8.98. The van der Waals surface area contributed by atoms with E-state index in [1.165, 1.54) is 15.6 Å². The van der Waals surface area contributed by atoms with Gasteiger partial charge in [-0.15, -0.1) is 11.3 Å². The summed E-state index contributed by atoms with van der Waals surface area (Å²) >= 11 is 1.67. The quantitative estimate of drug-likeness (QED) is 0.439. The van der Waals surface area contributed by atoms with Gasteiger partial charge in [0, 0.05) is 29.0 Å². The van der Waals surface area contributed by atoms with Gasteiger partial charge in [-0.3, -0.25) is 13.9 Å². The zero-order valence-electron chi connectivity index (χ0n) is 16.7. The van der Waals surface area contributed by atoms with Gasteiger partial charge in [0.2, 0.25) is 5.91 Å². The molecule has 2 aromatic carbocycles. The first kappa shape index (κ1) is 20.1. The minimum Gasteiger partial charge on any atom is -0.370 e. The third kappa shape index (κ3) is 3.57. The monoisotopic (exact) mass is 421 g/mol. The molecule has 0 fully saturated rings. The zero-order chi connectivity index (χ0) is 21.3. The summed E-state index contributed by atoms with van der Waals surface area (Å²) in [7, 11) is 0. The Hall–Kier alpha value is -3.19. The number of imidazole rings is 1. The molecule has 7 heteroatoms. The van der Waals surface area contributed by atoms with E-state index in [4.69, 9.17) is 5.73 Å². The van der Waals surface area contributed by atoms with Gasteiger partial charge in [-0.05, 0) is 48.1 Å². The number of thiophene rings is 1. The number of hydrogen-bond acceptors (Lipinski definition) is 4. The molecule has 0 saturated carbocycles. The number of aldehydes is 1. The van der Waals surface area contributed by atoms with E-state index in [0.29, 0.717) is 13.0 Å². The first-order chi connectivity index (χ1) is 14.5. The number of primary amides is 1. The smallest absolute Gasteiger partial charge is 0.329 e. The maximum Gasteiger partial charge on any atom is 0.329 e. The van der Waals surface area contributed by atoms with Gasteiger partial charge < -0.3 is 10.5 Å². The number of para-hydroxylation sites is 2. The Morgan fingerprint density at radius 3 is 2.67 bits per heavy atom. The van der Waals surface area contributed by atoms with Crippen LogP contribution in [0.4, 0.5) is 0 Å². The van der Waals surface area contributed by atoms with E-state index >= 15 is 0 Å². The number of nitrogens with zero attached hydrogens (tertiary/aromatic N) is 2. The van der Waals surface area contributed by atoms with Crippen LogP contribution in [0.15, 0.2) is 52.6 Å². The van der Waals surface area contributed by atoms with E-state index in [-0.39, 0.29) is 18.5 Å². The highest BCUT2D eigenvalue weighted by molar-refractivity contribution is 7.17. The molecule has 0 saturated heterocycles. The van der Waals surface area contributed by atoms with Crippen LogP contribution in [-0.2, 0) is 16.1 Å². The van der Waals surface area contributed by atoms with Gasteiger partial charge >= 0.3 is 5.69 Å². The van der Waals surface area contributed by atoms with Crippen molar-refractivity contribution in [3.8, 4) is 0 Å². The van der Waals surface area contributed by atoms with Gasteiger partial charge in [0.25, 0.3) is 0 Å². The van der Waals surface area contributed by atoms with Crippen molar-refractivity contribution >= 4 is 44.6 Å². The van der Waals surface area contributed by atoms with Crippen LogP contribution in [0, 0.1) is 6.92 Å². The number of aromatic nitrogens is 2. The highest BCUT2D eigenvalue weighted by Crippen LogP contribution is 2.30. The number of aryl methyl sites for hydroxylation is 1. The fourth-order valence-electron chi connectivity index (χ4n) is 4.14. The van der Waals surface area contributed by atoms with E-state index in [1.807, 2.05) is 30.3 Å². The van der Waals surface area contributed by atoms with E-state index in [9.17, 15) is 14.4 Å². The standard InChI is InChI=1S/C23H23N3O3S/c1-15-5-4-8-20-22(15)16(14-30-20)13-25-18-6-2-3-7-19(18)26(23(25)29)17(11-12-27)9-10-21(24)28/h2-8,12,14,17H,9-11,13H2,1H3,(H2,24,28). The average Bonchev–Trinajstić information content (AvgIpc) is 3.26. The fourth-order valence-corrected chi connectivity index (χ4v) is 5.17. The lowest BCUT2D eigenvalue weighted by atomic mass is 10.1. The van der Waals surface area contributed by atoms with Crippen LogP contribution in [0.1, 0.15) is 36.4 Å². The molecule has 0 spiro atoms. The normalized spacial score (nSPS) is 12.4. The summed E-state index contributed by atoms with van der Waals surface area (Å²) in [5.74, 6) is -0.442. The van der Waals surface area contributed by atoms with Crippen molar-refractivity contribution in [2.75, 3.05) is 0 Å². The Morgan fingerprint density at radius 2 is 1.93 bits per heavy atom. The Kier molecular flexibility index (Phi) is 5.55. The molecule has 2 aromatic heterocycles. The van der Waals surface area contributed by atoms with Gasteiger partial charge in [-0.25, -0.2) is 4.79 Å². The molecule has 1 atom stereocenters. The molecule has 154 valence electrons. The number of benzene rings is 2. The molecule has 4 rings (SSSR count). The molecule has 1 amide bonds. The predicted octanol–water partition coefficient (Wildman–Crippen LogP) is 3.77.